The molecule has 3 aromatic carbocycles. The van der Waals surface area contributed by atoms with Crippen LogP contribution in [0.1, 0.15) is 26.3 Å². The normalized spacial score (nSPS) is 11.0. The van der Waals surface area contributed by atoms with E-state index in [1.54, 1.807) is 30.3 Å². The molecule has 3 rings (SSSR count). The second-order valence-corrected chi connectivity index (χ2v) is 7.32. The number of nitrogens with one attached hydrogen (secondary N) is 2. The van der Waals surface area contributed by atoms with E-state index in [-0.39, 0.29) is 17.2 Å². The number of alkyl halides is 3. The van der Waals surface area contributed by atoms with Crippen molar-refractivity contribution in [3.05, 3.63) is 93.1 Å². The van der Waals surface area contributed by atoms with Crippen molar-refractivity contribution in [2.24, 2.45) is 0 Å². The summed E-state index contributed by atoms with van der Waals surface area (Å²) in [4.78, 5) is 24.8. The maximum absolute atomic E-state index is 12.8. The van der Waals surface area contributed by atoms with Gasteiger partial charge >= 0.3 is 6.18 Å². The van der Waals surface area contributed by atoms with Crippen LogP contribution in [0.3, 0.4) is 0 Å². The molecular weight excluding hydrogens is 496 g/mol. The molecule has 0 unspecified atom stereocenters. The Morgan fingerprint density at radius 3 is 1.83 bits per heavy atom. The third-order valence-electron chi connectivity index (χ3n) is 3.92. The van der Waals surface area contributed by atoms with Crippen molar-refractivity contribution in [3.8, 4) is 0 Å². The first-order valence-corrected chi connectivity index (χ1v) is 9.46. The van der Waals surface area contributed by atoms with Crippen molar-refractivity contribution >= 4 is 45.8 Å². The molecule has 8 heteroatoms. The Morgan fingerprint density at radius 1 is 0.724 bits per heavy atom. The Balaban J connectivity index is 1.74. The quantitative estimate of drug-likeness (QED) is 0.435. The predicted octanol–water partition coefficient (Wildman–Crippen LogP) is 5.81. The fourth-order valence-corrected chi connectivity index (χ4v) is 3.09. The second kappa shape index (κ2) is 8.64. The minimum Gasteiger partial charge on any atom is -0.322 e. The van der Waals surface area contributed by atoms with Gasteiger partial charge in [-0.25, -0.2) is 0 Å². The van der Waals surface area contributed by atoms with Crippen molar-refractivity contribution in [2.75, 3.05) is 10.6 Å². The van der Waals surface area contributed by atoms with Crippen LogP contribution in [0.5, 0.6) is 0 Å². The van der Waals surface area contributed by atoms with E-state index >= 15 is 0 Å². The highest BCUT2D eigenvalue weighted by Gasteiger charge is 2.30. The van der Waals surface area contributed by atoms with Crippen LogP contribution in [0.25, 0.3) is 0 Å². The number of anilines is 2. The number of halogens is 4. The van der Waals surface area contributed by atoms with E-state index in [1.807, 2.05) is 6.07 Å². The Hall–Kier alpha value is -2.88. The summed E-state index contributed by atoms with van der Waals surface area (Å²) in [5.74, 6) is -0.923. The van der Waals surface area contributed by atoms with E-state index in [2.05, 4.69) is 33.2 Å². The minimum atomic E-state index is -4.50. The first kappa shape index (κ1) is 20.8. The third-order valence-corrected chi connectivity index (χ3v) is 4.59. The van der Waals surface area contributed by atoms with Gasteiger partial charge in [0.25, 0.3) is 11.8 Å². The highest BCUT2D eigenvalue weighted by molar-refractivity contribution is 14.1. The molecule has 3 aromatic rings. The van der Waals surface area contributed by atoms with Crippen LogP contribution < -0.4 is 10.6 Å². The largest absolute Gasteiger partial charge is 0.416 e. The highest BCUT2D eigenvalue weighted by Crippen LogP contribution is 2.30. The molecule has 0 aromatic heterocycles. The van der Waals surface area contributed by atoms with Gasteiger partial charge in [-0.3, -0.25) is 9.59 Å². The smallest absolute Gasteiger partial charge is 0.322 e. The fourth-order valence-electron chi connectivity index (χ4n) is 2.55. The zero-order valence-corrected chi connectivity index (χ0v) is 16.9. The molecule has 0 aliphatic heterocycles. The predicted molar refractivity (Wildman–Crippen MR) is 113 cm³/mol. The first-order valence-electron chi connectivity index (χ1n) is 8.38. The summed E-state index contributed by atoms with van der Waals surface area (Å²) in [6, 6.07) is 17.5. The van der Waals surface area contributed by atoms with E-state index in [9.17, 15) is 22.8 Å². The third kappa shape index (κ3) is 5.57. The van der Waals surface area contributed by atoms with Gasteiger partial charge in [0, 0.05) is 26.1 Å². The number of carbonyl (C=O) groups is 2. The standard InChI is InChI=1S/C21H14F3IN2O2/c22-21(23,24)15-6-3-9-18(12-15)27-20(29)14-5-2-8-17(11-14)26-19(28)13-4-1-7-16(25)10-13/h1-12H,(H,26,28)(H,27,29). The van der Waals surface area contributed by atoms with Crippen molar-refractivity contribution in [2.45, 2.75) is 6.18 Å². The Morgan fingerprint density at radius 2 is 1.24 bits per heavy atom. The van der Waals surface area contributed by atoms with Gasteiger partial charge in [0.05, 0.1) is 5.56 Å². The Bertz CT molecular complexity index is 1070. The molecule has 0 radical (unpaired) electrons. The summed E-state index contributed by atoms with van der Waals surface area (Å²) < 4.78 is 39.3. The molecule has 0 atom stereocenters. The minimum absolute atomic E-state index is 0.0260. The van der Waals surface area contributed by atoms with Gasteiger partial charge in [-0.1, -0.05) is 18.2 Å². The van der Waals surface area contributed by atoms with Crippen LogP contribution in [0.2, 0.25) is 0 Å². The number of carbonyl (C=O) groups excluding carboxylic acids is 2. The van der Waals surface area contributed by atoms with Gasteiger partial charge in [0.1, 0.15) is 0 Å². The highest BCUT2D eigenvalue weighted by atomic mass is 127. The van der Waals surface area contributed by atoms with Gasteiger partial charge in [-0.2, -0.15) is 13.2 Å². The van der Waals surface area contributed by atoms with Crippen LogP contribution >= 0.6 is 22.6 Å². The van der Waals surface area contributed by atoms with E-state index in [4.69, 9.17) is 0 Å². The molecule has 29 heavy (non-hydrogen) atoms. The molecule has 0 saturated heterocycles. The van der Waals surface area contributed by atoms with E-state index in [0.29, 0.717) is 11.3 Å². The summed E-state index contributed by atoms with van der Waals surface area (Å²) >= 11 is 2.10. The molecule has 0 bridgehead atoms. The van der Waals surface area contributed by atoms with Crippen molar-refractivity contribution in [1.29, 1.82) is 0 Å². The van der Waals surface area contributed by atoms with E-state index in [0.717, 1.165) is 15.7 Å². The molecule has 0 heterocycles. The summed E-state index contributed by atoms with van der Waals surface area (Å²) in [5, 5.41) is 5.14. The molecule has 0 aliphatic rings. The number of rotatable bonds is 4. The monoisotopic (exact) mass is 510 g/mol. The Kier molecular flexibility index (Phi) is 6.21. The van der Waals surface area contributed by atoms with Gasteiger partial charge in [-0.15, -0.1) is 0 Å². The molecule has 0 saturated carbocycles. The molecule has 0 spiro atoms. The zero-order chi connectivity index (χ0) is 21.0. The van der Waals surface area contributed by atoms with Crippen LogP contribution in [0.15, 0.2) is 72.8 Å². The van der Waals surface area contributed by atoms with Crippen LogP contribution in [0, 0.1) is 3.57 Å². The van der Waals surface area contributed by atoms with Crippen molar-refractivity contribution in [1.82, 2.24) is 0 Å². The summed E-state index contributed by atoms with van der Waals surface area (Å²) in [6.07, 6.45) is -4.50. The average Bonchev–Trinajstić information content (AvgIpc) is 2.68. The number of benzene rings is 3. The number of hydrogen-bond acceptors (Lipinski definition) is 2. The number of amides is 2. The van der Waals surface area contributed by atoms with Gasteiger partial charge < -0.3 is 10.6 Å². The van der Waals surface area contributed by atoms with Crippen molar-refractivity contribution < 1.29 is 22.8 Å². The zero-order valence-electron chi connectivity index (χ0n) is 14.8. The molecular formula is C21H14F3IN2O2. The summed E-state index contributed by atoms with van der Waals surface area (Å²) in [6.45, 7) is 0. The molecule has 0 aliphatic carbocycles. The topological polar surface area (TPSA) is 58.2 Å². The molecule has 148 valence electrons. The van der Waals surface area contributed by atoms with E-state index < -0.39 is 17.6 Å². The van der Waals surface area contributed by atoms with Crippen molar-refractivity contribution in [3.63, 3.8) is 0 Å². The van der Waals surface area contributed by atoms with Crippen LogP contribution in [-0.2, 0) is 6.18 Å². The Labute approximate surface area is 178 Å². The second-order valence-electron chi connectivity index (χ2n) is 6.08. The fraction of sp³-hybridized carbons (Fsp3) is 0.0476. The maximum atomic E-state index is 12.8. The first-order chi connectivity index (χ1) is 13.7. The molecule has 0 fully saturated rings. The van der Waals surface area contributed by atoms with Gasteiger partial charge in [0.2, 0.25) is 0 Å². The number of hydrogen-bond donors (Lipinski definition) is 2. The maximum Gasteiger partial charge on any atom is 0.416 e. The summed E-state index contributed by atoms with van der Waals surface area (Å²) in [5.41, 5.74) is 0.232. The lowest BCUT2D eigenvalue weighted by Crippen LogP contribution is -2.15. The average molecular weight is 510 g/mol. The molecule has 2 amide bonds. The lowest BCUT2D eigenvalue weighted by atomic mass is 10.1. The molecule has 2 N–H and O–H groups in total. The van der Waals surface area contributed by atoms with Gasteiger partial charge in [-0.05, 0) is 77.2 Å². The van der Waals surface area contributed by atoms with E-state index in [1.165, 1.54) is 24.3 Å². The SMILES string of the molecule is O=C(Nc1cccc(C(=O)Nc2cccc(C(F)(F)F)c2)c1)c1cccc(I)c1. The molecule has 4 nitrogen and oxygen atoms in total. The summed E-state index contributed by atoms with van der Waals surface area (Å²) in [7, 11) is 0. The lowest BCUT2D eigenvalue weighted by Gasteiger charge is -2.11. The van der Waals surface area contributed by atoms with Gasteiger partial charge in [0.15, 0.2) is 0 Å². The lowest BCUT2D eigenvalue weighted by molar-refractivity contribution is -0.137. The van der Waals surface area contributed by atoms with Crippen LogP contribution in [0.4, 0.5) is 24.5 Å². The van der Waals surface area contributed by atoms with Crippen LogP contribution in [-0.4, -0.2) is 11.8 Å².